The topological polar surface area (TPSA) is 86.7 Å². The number of amides is 1. The van der Waals surface area contributed by atoms with Crippen LogP contribution in [0.3, 0.4) is 0 Å². The predicted octanol–water partition coefficient (Wildman–Crippen LogP) is 0.816. The molecule has 1 rings (SSSR count). The Hall–Kier alpha value is -1.03. The van der Waals surface area contributed by atoms with Crippen molar-refractivity contribution in [3.05, 3.63) is 0 Å². The Labute approximate surface area is 102 Å². The lowest BCUT2D eigenvalue weighted by Crippen LogP contribution is -2.45. The second kappa shape index (κ2) is 5.31. The fourth-order valence-corrected chi connectivity index (χ4v) is 2.33. The lowest BCUT2D eigenvalue weighted by molar-refractivity contribution is -0.0449. The number of carbonyl (C=O) groups is 1. The van der Waals surface area contributed by atoms with Crippen molar-refractivity contribution < 1.29 is 31.5 Å². The summed E-state index contributed by atoms with van der Waals surface area (Å²) in [5, 5.41) is 8.72. The van der Waals surface area contributed by atoms with E-state index in [1.165, 1.54) is 4.72 Å². The minimum absolute atomic E-state index is 0.0374. The van der Waals surface area contributed by atoms with Gasteiger partial charge in [0.25, 0.3) is 0 Å². The van der Waals surface area contributed by atoms with Gasteiger partial charge in [0, 0.05) is 19.6 Å². The molecule has 0 aromatic carbocycles. The summed E-state index contributed by atoms with van der Waals surface area (Å²) in [4.78, 5) is 11.7. The smallest absolute Gasteiger partial charge is 0.465 e. The van der Waals surface area contributed by atoms with Gasteiger partial charge in [0.2, 0.25) is 0 Å². The van der Waals surface area contributed by atoms with E-state index < -0.39 is 34.1 Å². The zero-order chi connectivity index (χ0) is 14.0. The Balaban J connectivity index is 2.52. The third-order valence-electron chi connectivity index (χ3n) is 2.66. The average molecular weight is 290 g/mol. The van der Waals surface area contributed by atoms with Gasteiger partial charge in [0.1, 0.15) is 0 Å². The van der Waals surface area contributed by atoms with Crippen LogP contribution >= 0.6 is 0 Å². The normalized spacial score (nSPS) is 21.9. The summed E-state index contributed by atoms with van der Waals surface area (Å²) in [6, 6.07) is 0. The largest absolute Gasteiger partial charge is 0.511 e. The Kier molecular flexibility index (Phi) is 4.43. The quantitative estimate of drug-likeness (QED) is 0.805. The van der Waals surface area contributed by atoms with E-state index in [4.69, 9.17) is 5.11 Å². The Morgan fingerprint density at radius 3 is 2.56 bits per heavy atom. The van der Waals surface area contributed by atoms with Gasteiger partial charge in [-0.15, -0.1) is 0 Å². The number of halogens is 3. The Morgan fingerprint density at radius 2 is 2.06 bits per heavy atom. The molecule has 1 saturated heterocycles. The molecule has 0 bridgehead atoms. The number of hydrogen-bond acceptors (Lipinski definition) is 3. The molecule has 0 radical (unpaired) electrons. The number of likely N-dealkylation sites (tertiary alicyclic amines) is 1. The first-order valence-electron chi connectivity index (χ1n) is 5.17. The molecule has 18 heavy (non-hydrogen) atoms. The van der Waals surface area contributed by atoms with E-state index in [1.54, 1.807) is 0 Å². The second-order valence-corrected chi connectivity index (χ2v) is 5.79. The van der Waals surface area contributed by atoms with E-state index in [9.17, 15) is 26.4 Å². The number of nitrogens with one attached hydrogen (secondary N) is 1. The third kappa shape index (κ3) is 3.73. The summed E-state index contributed by atoms with van der Waals surface area (Å²) in [6.07, 6.45) is -0.159. The molecule has 1 aliphatic rings. The highest BCUT2D eigenvalue weighted by Crippen LogP contribution is 2.22. The predicted molar refractivity (Wildman–Crippen MR) is 55.3 cm³/mol. The lowest BCUT2D eigenvalue weighted by atomic mass is 9.99. The first-order chi connectivity index (χ1) is 8.13. The monoisotopic (exact) mass is 290 g/mol. The minimum atomic E-state index is -5.35. The molecule has 1 heterocycles. The van der Waals surface area contributed by atoms with Gasteiger partial charge >= 0.3 is 21.6 Å². The summed E-state index contributed by atoms with van der Waals surface area (Å²) in [5.74, 6) is -0.438. The van der Waals surface area contributed by atoms with Crippen molar-refractivity contribution in [2.45, 2.75) is 18.3 Å². The summed E-state index contributed by atoms with van der Waals surface area (Å²) < 4.78 is 59.1. The molecule has 2 N–H and O–H groups in total. The van der Waals surface area contributed by atoms with Crippen molar-refractivity contribution in [2.24, 2.45) is 5.92 Å². The van der Waals surface area contributed by atoms with Gasteiger partial charge in [0.15, 0.2) is 0 Å². The molecule has 0 aromatic heterocycles. The molecule has 1 amide bonds. The van der Waals surface area contributed by atoms with E-state index >= 15 is 0 Å². The third-order valence-corrected chi connectivity index (χ3v) is 3.81. The molecule has 1 aliphatic heterocycles. The van der Waals surface area contributed by atoms with Crippen LogP contribution in [-0.2, 0) is 10.0 Å². The van der Waals surface area contributed by atoms with Crippen LogP contribution in [0.5, 0.6) is 0 Å². The van der Waals surface area contributed by atoms with Crippen LogP contribution in [0.1, 0.15) is 12.8 Å². The molecule has 10 heteroatoms. The molecule has 0 aromatic rings. The van der Waals surface area contributed by atoms with Crippen molar-refractivity contribution in [3.8, 4) is 0 Å². The summed E-state index contributed by atoms with van der Waals surface area (Å²) >= 11 is 0. The zero-order valence-electron chi connectivity index (χ0n) is 9.27. The van der Waals surface area contributed by atoms with Gasteiger partial charge in [-0.25, -0.2) is 17.9 Å². The number of nitrogens with zero attached hydrogens (tertiary/aromatic N) is 1. The molecule has 106 valence electrons. The SMILES string of the molecule is O=C(O)N1CCCC(CNS(=O)(=O)C(F)(F)F)C1. The van der Waals surface area contributed by atoms with Gasteiger partial charge < -0.3 is 10.0 Å². The summed E-state index contributed by atoms with van der Waals surface area (Å²) in [5.41, 5.74) is -5.34. The standard InChI is InChI=1S/C8H13F3N2O4S/c9-8(10,11)18(16,17)12-4-6-2-1-3-13(5-6)7(14)15/h6,12H,1-5H2,(H,14,15). The van der Waals surface area contributed by atoms with Crippen LogP contribution in [0.2, 0.25) is 0 Å². The van der Waals surface area contributed by atoms with Crippen LogP contribution in [0, 0.1) is 5.92 Å². The molecule has 1 unspecified atom stereocenters. The number of sulfonamides is 1. The van der Waals surface area contributed by atoms with Gasteiger partial charge in [-0.05, 0) is 18.8 Å². The number of rotatable bonds is 3. The maximum absolute atomic E-state index is 12.0. The fraction of sp³-hybridized carbons (Fsp3) is 0.875. The Bertz CT molecular complexity index is 409. The molecule has 1 atom stereocenters. The van der Waals surface area contributed by atoms with Crippen molar-refractivity contribution in [3.63, 3.8) is 0 Å². The highest BCUT2D eigenvalue weighted by molar-refractivity contribution is 7.90. The molecule has 0 aliphatic carbocycles. The average Bonchev–Trinajstić information content (AvgIpc) is 2.25. The second-order valence-electron chi connectivity index (χ2n) is 4.03. The maximum Gasteiger partial charge on any atom is 0.511 e. The van der Waals surface area contributed by atoms with E-state index in [1.807, 2.05) is 0 Å². The van der Waals surface area contributed by atoms with Gasteiger partial charge in [-0.3, -0.25) is 0 Å². The molecule has 1 fully saturated rings. The fourth-order valence-electron chi connectivity index (χ4n) is 1.71. The number of piperidine rings is 1. The summed E-state index contributed by atoms with van der Waals surface area (Å²) in [6.45, 7) is -0.0564. The first-order valence-corrected chi connectivity index (χ1v) is 6.65. The van der Waals surface area contributed by atoms with Crippen molar-refractivity contribution in [1.82, 2.24) is 9.62 Å². The number of carboxylic acid groups (broad SMARTS) is 1. The van der Waals surface area contributed by atoms with Crippen LogP contribution in [0.4, 0.5) is 18.0 Å². The molecule has 0 spiro atoms. The van der Waals surface area contributed by atoms with Crippen LogP contribution in [0.15, 0.2) is 0 Å². The Morgan fingerprint density at radius 1 is 1.44 bits per heavy atom. The van der Waals surface area contributed by atoms with Crippen LogP contribution in [-0.4, -0.2) is 49.7 Å². The molecule has 0 saturated carbocycles. The van der Waals surface area contributed by atoms with Gasteiger partial charge in [-0.2, -0.15) is 13.2 Å². The lowest BCUT2D eigenvalue weighted by Gasteiger charge is -2.30. The number of hydrogen-bond donors (Lipinski definition) is 2. The molecular weight excluding hydrogens is 277 g/mol. The summed E-state index contributed by atoms with van der Waals surface area (Å²) in [7, 11) is -5.35. The van der Waals surface area contributed by atoms with E-state index in [-0.39, 0.29) is 6.54 Å². The van der Waals surface area contributed by atoms with Crippen LogP contribution < -0.4 is 4.72 Å². The van der Waals surface area contributed by atoms with E-state index in [2.05, 4.69) is 0 Å². The highest BCUT2D eigenvalue weighted by atomic mass is 32.2. The highest BCUT2D eigenvalue weighted by Gasteiger charge is 2.45. The van der Waals surface area contributed by atoms with Crippen LogP contribution in [0.25, 0.3) is 0 Å². The van der Waals surface area contributed by atoms with E-state index in [0.29, 0.717) is 19.4 Å². The first kappa shape index (κ1) is 15.0. The molecular formula is C8H13F3N2O4S. The maximum atomic E-state index is 12.0. The van der Waals surface area contributed by atoms with Crippen molar-refractivity contribution >= 4 is 16.1 Å². The van der Waals surface area contributed by atoms with Crippen molar-refractivity contribution in [1.29, 1.82) is 0 Å². The van der Waals surface area contributed by atoms with Crippen molar-refractivity contribution in [2.75, 3.05) is 19.6 Å². The van der Waals surface area contributed by atoms with Gasteiger partial charge in [-0.1, -0.05) is 0 Å². The number of alkyl halides is 3. The van der Waals surface area contributed by atoms with Gasteiger partial charge in [0.05, 0.1) is 0 Å². The van der Waals surface area contributed by atoms with E-state index in [0.717, 1.165) is 4.90 Å². The minimum Gasteiger partial charge on any atom is -0.465 e. The zero-order valence-corrected chi connectivity index (χ0v) is 10.1. The molecule has 6 nitrogen and oxygen atoms in total.